The summed E-state index contributed by atoms with van der Waals surface area (Å²) < 4.78 is 16.2. The molecule has 0 bridgehead atoms. The normalized spacial score (nSPS) is 10.5. The van der Waals surface area contributed by atoms with Crippen molar-refractivity contribution in [3.63, 3.8) is 0 Å². The van der Waals surface area contributed by atoms with Crippen LogP contribution < -0.4 is 5.32 Å². The molecule has 0 radical (unpaired) electrons. The predicted octanol–water partition coefficient (Wildman–Crippen LogP) is 2.98. The first kappa shape index (κ1) is 12.1. The Balaban J connectivity index is 1.97. The Labute approximate surface area is 108 Å². The molecule has 0 amide bonds. The van der Waals surface area contributed by atoms with Crippen LogP contribution in [-0.2, 0) is 13.5 Å². The lowest BCUT2D eigenvalue weighted by molar-refractivity contribution is 0.629. The van der Waals surface area contributed by atoms with Crippen LogP contribution in [-0.4, -0.2) is 16.1 Å². The fourth-order valence-corrected chi connectivity index (χ4v) is 2.09. The van der Waals surface area contributed by atoms with Crippen molar-refractivity contribution in [3.8, 4) is 0 Å². The number of aromatic nitrogens is 2. The third-order valence-electron chi connectivity index (χ3n) is 2.53. The van der Waals surface area contributed by atoms with Gasteiger partial charge < -0.3 is 9.88 Å². The van der Waals surface area contributed by atoms with Gasteiger partial charge in [0.05, 0.1) is 5.69 Å². The summed E-state index contributed by atoms with van der Waals surface area (Å²) in [6.07, 6.45) is 4.41. The summed E-state index contributed by atoms with van der Waals surface area (Å²) in [5, 5.41) is 3.07. The molecule has 0 aliphatic carbocycles. The molecule has 1 N–H and O–H groups in total. The maximum atomic E-state index is 13.5. The van der Waals surface area contributed by atoms with Gasteiger partial charge in [0.2, 0.25) is 0 Å². The minimum absolute atomic E-state index is 0.251. The number of aryl methyl sites for hydroxylation is 1. The van der Waals surface area contributed by atoms with Gasteiger partial charge in [0.25, 0.3) is 0 Å². The van der Waals surface area contributed by atoms with Crippen molar-refractivity contribution in [1.29, 1.82) is 0 Å². The van der Waals surface area contributed by atoms with Crippen LogP contribution in [0, 0.1) is 5.82 Å². The number of para-hydroxylation sites is 1. The number of nitrogens with zero attached hydrogens (tertiary/aromatic N) is 2. The molecule has 90 valence electrons. The van der Waals surface area contributed by atoms with Crippen molar-refractivity contribution in [2.75, 3.05) is 11.9 Å². The molecule has 2 aromatic rings. The smallest absolute Gasteiger partial charge is 0.147 e. The van der Waals surface area contributed by atoms with Crippen molar-refractivity contribution < 1.29 is 4.39 Å². The summed E-state index contributed by atoms with van der Waals surface area (Å²) in [4.78, 5) is 4.21. The van der Waals surface area contributed by atoms with Gasteiger partial charge in [-0.05, 0) is 28.1 Å². The highest BCUT2D eigenvalue weighted by molar-refractivity contribution is 9.10. The van der Waals surface area contributed by atoms with Crippen LogP contribution in [0.2, 0.25) is 0 Å². The zero-order valence-electron chi connectivity index (χ0n) is 9.45. The van der Waals surface area contributed by atoms with E-state index in [2.05, 4.69) is 26.2 Å². The Morgan fingerprint density at radius 2 is 2.29 bits per heavy atom. The van der Waals surface area contributed by atoms with E-state index in [-0.39, 0.29) is 5.82 Å². The van der Waals surface area contributed by atoms with Crippen molar-refractivity contribution in [2.24, 2.45) is 7.05 Å². The van der Waals surface area contributed by atoms with E-state index in [1.54, 1.807) is 12.3 Å². The molecule has 0 saturated heterocycles. The van der Waals surface area contributed by atoms with Crippen LogP contribution in [0.4, 0.5) is 10.1 Å². The van der Waals surface area contributed by atoms with Crippen LogP contribution in [0.5, 0.6) is 0 Å². The molecular formula is C12H13BrFN3. The van der Waals surface area contributed by atoms with Crippen LogP contribution in [0.15, 0.2) is 35.1 Å². The molecule has 5 heteroatoms. The summed E-state index contributed by atoms with van der Waals surface area (Å²) in [7, 11) is 1.95. The first-order valence-corrected chi connectivity index (χ1v) is 6.12. The average Bonchev–Trinajstić information content (AvgIpc) is 2.69. The number of halogens is 2. The Hall–Kier alpha value is -1.36. The number of imidazole rings is 1. The molecule has 17 heavy (non-hydrogen) atoms. The van der Waals surface area contributed by atoms with Gasteiger partial charge in [-0.15, -0.1) is 0 Å². The van der Waals surface area contributed by atoms with E-state index >= 15 is 0 Å². The Morgan fingerprint density at radius 3 is 2.94 bits per heavy atom. The second kappa shape index (κ2) is 5.31. The zero-order chi connectivity index (χ0) is 12.3. The van der Waals surface area contributed by atoms with E-state index in [1.165, 1.54) is 6.07 Å². The van der Waals surface area contributed by atoms with E-state index in [9.17, 15) is 4.39 Å². The zero-order valence-corrected chi connectivity index (χ0v) is 11.0. The highest BCUT2D eigenvalue weighted by Gasteiger charge is 2.06. The molecule has 3 nitrogen and oxygen atoms in total. The van der Waals surface area contributed by atoms with Crippen molar-refractivity contribution >= 4 is 21.6 Å². The van der Waals surface area contributed by atoms with Crippen molar-refractivity contribution in [3.05, 3.63) is 46.7 Å². The predicted molar refractivity (Wildman–Crippen MR) is 69.5 cm³/mol. The van der Waals surface area contributed by atoms with Gasteiger partial charge in [-0.25, -0.2) is 9.37 Å². The second-order valence-corrected chi connectivity index (χ2v) is 4.58. The first-order valence-electron chi connectivity index (χ1n) is 5.32. The van der Waals surface area contributed by atoms with Gasteiger partial charge in [0, 0.05) is 36.9 Å². The topological polar surface area (TPSA) is 29.9 Å². The van der Waals surface area contributed by atoms with Gasteiger partial charge in [0.1, 0.15) is 11.6 Å². The Morgan fingerprint density at radius 1 is 1.47 bits per heavy atom. The van der Waals surface area contributed by atoms with Gasteiger partial charge in [-0.1, -0.05) is 6.07 Å². The minimum atomic E-state index is -0.251. The van der Waals surface area contributed by atoms with Crippen LogP contribution in [0.25, 0.3) is 0 Å². The summed E-state index contributed by atoms with van der Waals surface area (Å²) in [5.74, 6) is 0.726. The van der Waals surface area contributed by atoms with E-state index in [1.807, 2.05) is 23.9 Å². The summed E-state index contributed by atoms with van der Waals surface area (Å²) in [6, 6.07) is 4.92. The summed E-state index contributed by atoms with van der Waals surface area (Å²) in [6.45, 7) is 0.643. The molecule has 0 spiro atoms. The van der Waals surface area contributed by atoms with E-state index in [0.717, 1.165) is 16.7 Å². The minimum Gasteiger partial charge on any atom is -0.381 e. The van der Waals surface area contributed by atoms with Crippen molar-refractivity contribution in [2.45, 2.75) is 6.42 Å². The van der Waals surface area contributed by atoms with E-state index in [0.29, 0.717) is 12.2 Å². The number of hydrogen-bond donors (Lipinski definition) is 1. The molecule has 0 unspecified atom stereocenters. The molecule has 1 heterocycles. The number of hydrogen-bond acceptors (Lipinski definition) is 2. The third-order valence-corrected chi connectivity index (χ3v) is 3.19. The quantitative estimate of drug-likeness (QED) is 0.940. The van der Waals surface area contributed by atoms with E-state index in [4.69, 9.17) is 0 Å². The maximum absolute atomic E-state index is 13.5. The maximum Gasteiger partial charge on any atom is 0.147 e. The largest absolute Gasteiger partial charge is 0.381 e. The molecular weight excluding hydrogens is 285 g/mol. The number of rotatable bonds is 4. The molecule has 0 atom stereocenters. The highest BCUT2D eigenvalue weighted by Crippen LogP contribution is 2.24. The van der Waals surface area contributed by atoms with Gasteiger partial charge in [0.15, 0.2) is 0 Å². The van der Waals surface area contributed by atoms with Crippen LogP contribution >= 0.6 is 15.9 Å². The van der Waals surface area contributed by atoms with Gasteiger partial charge in [-0.3, -0.25) is 0 Å². The molecule has 2 rings (SSSR count). The lowest BCUT2D eigenvalue weighted by Crippen LogP contribution is -2.10. The standard InChI is InChI=1S/C12H13BrFN3/c1-17-8-7-15-11(17)5-6-16-12-9(13)3-2-4-10(12)14/h2-4,7-8,16H,5-6H2,1H3. The van der Waals surface area contributed by atoms with Gasteiger partial charge in [-0.2, -0.15) is 0 Å². The first-order chi connectivity index (χ1) is 8.18. The molecule has 0 fully saturated rings. The summed E-state index contributed by atoms with van der Waals surface area (Å²) in [5.41, 5.74) is 0.502. The molecule has 0 aliphatic rings. The second-order valence-electron chi connectivity index (χ2n) is 3.73. The highest BCUT2D eigenvalue weighted by atomic mass is 79.9. The van der Waals surface area contributed by atoms with Crippen LogP contribution in [0.3, 0.4) is 0 Å². The molecule has 0 aliphatic heterocycles. The van der Waals surface area contributed by atoms with Crippen molar-refractivity contribution in [1.82, 2.24) is 9.55 Å². The monoisotopic (exact) mass is 297 g/mol. The Kier molecular flexibility index (Phi) is 3.78. The third kappa shape index (κ3) is 2.85. The van der Waals surface area contributed by atoms with Gasteiger partial charge >= 0.3 is 0 Å². The number of nitrogens with one attached hydrogen (secondary N) is 1. The number of anilines is 1. The molecule has 1 aromatic heterocycles. The Bertz CT molecular complexity index is 490. The fourth-order valence-electron chi connectivity index (χ4n) is 1.60. The van der Waals surface area contributed by atoms with Crippen LogP contribution in [0.1, 0.15) is 5.82 Å². The molecule has 1 aromatic carbocycles. The van der Waals surface area contributed by atoms with E-state index < -0.39 is 0 Å². The lowest BCUT2D eigenvalue weighted by atomic mass is 10.3. The molecule has 0 saturated carbocycles. The fraction of sp³-hybridized carbons (Fsp3) is 0.250. The summed E-state index contributed by atoms with van der Waals surface area (Å²) >= 11 is 3.32. The lowest BCUT2D eigenvalue weighted by Gasteiger charge is -2.09. The SMILES string of the molecule is Cn1ccnc1CCNc1c(F)cccc1Br. The average molecular weight is 298 g/mol. The number of benzene rings is 1.